The summed E-state index contributed by atoms with van der Waals surface area (Å²) >= 11 is 7.29. The highest BCUT2D eigenvalue weighted by molar-refractivity contribution is 7.10. The predicted molar refractivity (Wildman–Crippen MR) is 66.5 cm³/mol. The highest BCUT2D eigenvalue weighted by Gasteiger charge is 2.23. The van der Waals surface area contributed by atoms with E-state index in [2.05, 4.69) is 5.32 Å². The first-order valence-corrected chi connectivity index (χ1v) is 6.35. The van der Waals surface area contributed by atoms with Crippen LogP contribution >= 0.6 is 22.9 Å². The molecule has 1 atom stereocenters. The molecule has 0 radical (unpaired) electrons. The Bertz CT molecular complexity index is 570. The molecule has 1 unspecified atom stereocenters. The fraction of sp³-hybridized carbons (Fsp3) is 0.167. The molecular formula is C12H9ClF3NS. The molecule has 0 saturated carbocycles. The lowest BCUT2D eigenvalue weighted by molar-refractivity contribution is 0.435. The van der Waals surface area contributed by atoms with Gasteiger partial charge < -0.3 is 5.32 Å². The molecule has 1 N–H and O–H groups in total. The van der Waals surface area contributed by atoms with E-state index in [9.17, 15) is 13.2 Å². The van der Waals surface area contributed by atoms with Crippen molar-refractivity contribution in [2.24, 2.45) is 0 Å². The highest BCUT2D eigenvalue weighted by Crippen LogP contribution is 2.34. The molecule has 2 rings (SSSR count). The third-order valence-corrected chi connectivity index (χ3v) is 4.00. The van der Waals surface area contributed by atoms with Crippen molar-refractivity contribution in [1.29, 1.82) is 0 Å². The summed E-state index contributed by atoms with van der Waals surface area (Å²) in [7, 11) is 1.60. The Kier molecular flexibility index (Phi) is 3.94. The standard InChI is InChI=1S/C12H9ClF3NS/c1-17-11(12-7(13)4-5-18-12)6-2-3-8(14)10(16)9(6)15/h2-5,11,17H,1H3. The number of thiophene rings is 1. The third kappa shape index (κ3) is 2.25. The second kappa shape index (κ2) is 5.30. The zero-order valence-electron chi connectivity index (χ0n) is 9.31. The summed E-state index contributed by atoms with van der Waals surface area (Å²) in [6.07, 6.45) is 0. The molecule has 1 nitrogen and oxygen atoms in total. The first-order valence-electron chi connectivity index (χ1n) is 5.09. The summed E-state index contributed by atoms with van der Waals surface area (Å²) in [6.45, 7) is 0. The van der Waals surface area contributed by atoms with Crippen LogP contribution in [0.25, 0.3) is 0 Å². The fourth-order valence-corrected chi connectivity index (χ4v) is 3.00. The second-order valence-electron chi connectivity index (χ2n) is 3.62. The van der Waals surface area contributed by atoms with Gasteiger partial charge in [0.25, 0.3) is 0 Å². The zero-order chi connectivity index (χ0) is 13.3. The summed E-state index contributed by atoms with van der Waals surface area (Å²) in [6, 6.07) is 3.18. The van der Waals surface area contributed by atoms with Crippen molar-refractivity contribution in [2.45, 2.75) is 6.04 Å². The van der Waals surface area contributed by atoms with Gasteiger partial charge >= 0.3 is 0 Å². The maximum Gasteiger partial charge on any atom is 0.194 e. The molecule has 0 aliphatic rings. The molecule has 6 heteroatoms. The van der Waals surface area contributed by atoms with Crippen molar-refractivity contribution in [2.75, 3.05) is 7.05 Å². The number of hydrogen-bond donors (Lipinski definition) is 1. The summed E-state index contributed by atoms with van der Waals surface area (Å²) in [4.78, 5) is 0.657. The number of hydrogen-bond acceptors (Lipinski definition) is 2. The van der Waals surface area contributed by atoms with E-state index in [1.165, 1.54) is 17.4 Å². The average molecular weight is 292 g/mol. The van der Waals surface area contributed by atoms with Gasteiger partial charge in [0.05, 0.1) is 11.1 Å². The number of halogens is 4. The van der Waals surface area contributed by atoms with Crippen LogP contribution in [0.2, 0.25) is 5.02 Å². The van der Waals surface area contributed by atoms with E-state index in [4.69, 9.17) is 11.6 Å². The lowest BCUT2D eigenvalue weighted by Crippen LogP contribution is -2.19. The van der Waals surface area contributed by atoms with E-state index in [0.717, 1.165) is 6.07 Å². The molecule has 0 aliphatic heterocycles. The number of rotatable bonds is 3. The molecule has 0 bridgehead atoms. The quantitative estimate of drug-likeness (QED) is 0.839. The van der Waals surface area contributed by atoms with Crippen LogP contribution in [0.1, 0.15) is 16.5 Å². The van der Waals surface area contributed by atoms with Gasteiger partial charge in [0.2, 0.25) is 0 Å². The minimum Gasteiger partial charge on any atom is -0.309 e. The average Bonchev–Trinajstić information content (AvgIpc) is 2.77. The molecule has 1 aromatic carbocycles. The highest BCUT2D eigenvalue weighted by atomic mass is 35.5. The molecule has 18 heavy (non-hydrogen) atoms. The summed E-state index contributed by atoms with van der Waals surface area (Å²) < 4.78 is 39.8. The summed E-state index contributed by atoms with van der Waals surface area (Å²) in [5, 5.41) is 5.06. The Morgan fingerprint density at radius 1 is 1.17 bits per heavy atom. The van der Waals surface area contributed by atoms with E-state index >= 15 is 0 Å². The molecule has 0 spiro atoms. The van der Waals surface area contributed by atoms with E-state index in [1.807, 2.05) is 0 Å². The minimum atomic E-state index is -1.47. The summed E-state index contributed by atoms with van der Waals surface area (Å²) in [5.41, 5.74) is 0.0285. The Labute approximate surface area is 111 Å². The molecule has 0 amide bonds. The molecule has 0 fully saturated rings. The van der Waals surface area contributed by atoms with E-state index in [0.29, 0.717) is 9.90 Å². The van der Waals surface area contributed by atoms with E-state index < -0.39 is 23.5 Å². The van der Waals surface area contributed by atoms with Crippen molar-refractivity contribution >= 4 is 22.9 Å². The molecular weight excluding hydrogens is 283 g/mol. The third-order valence-electron chi connectivity index (χ3n) is 2.57. The van der Waals surface area contributed by atoms with Crippen LogP contribution < -0.4 is 5.32 Å². The molecule has 1 aromatic heterocycles. The van der Waals surface area contributed by atoms with Crippen LogP contribution in [-0.4, -0.2) is 7.05 Å². The molecule has 0 saturated heterocycles. The largest absolute Gasteiger partial charge is 0.309 e. The molecule has 2 aromatic rings. The predicted octanol–water partition coefficient (Wildman–Crippen LogP) is 4.13. The second-order valence-corrected chi connectivity index (χ2v) is 4.97. The first-order chi connectivity index (χ1) is 8.56. The number of benzene rings is 1. The van der Waals surface area contributed by atoms with Crippen molar-refractivity contribution in [3.63, 3.8) is 0 Å². The Morgan fingerprint density at radius 2 is 1.89 bits per heavy atom. The van der Waals surface area contributed by atoms with Crippen molar-refractivity contribution in [1.82, 2.24) is 5.32 Å². The van der Waals surface area contributed by atoms with E-state index in [-0.39, 0.29) is 5.56 Å². The Morgan fingerprint density at radius 3 is 2.44 bits per heavy atom. The maximum atomic E-state index is 13.7. The van der Waals surface area contributed by atoms with Crippen molar-refractivity contribution in [3.05, 3.63) is 56.5 Å². The van der Waals surface area contributed by atoms with Crippen molar-refractivity contribution < 1.29 is 13.2 Å². The molecule has 0 aliphatic carbocycles. The lowest BCUT2D eigenvalue weighted by Gasteiger charge is -2.17. The van der Waals surface area contributed by atoms with Crippen LogP contribution in [0.15, 0.2) is 23.6 Å². The van der Waals surface area contributed by atoms with Gasteiger partial charge in [-0.05, 0) is 24.6 Å². The van der Waals surface area contributed by atoms with Crippen LogP contribution in [0.3, 0.4) is 0 Å². The molecule has 1 heterocycles. The molecule has 96 valence electrons. The Hall–Kier alpha value is -1.04. The monoisotopic (exact) mass is 291 g/mol. The van der Waals surface area contributed by atoms with Gasteiger partial charge in [-0.25, -0.2) is 13.2 Å². The fourth-order valence-electron chi connectivity index (χ4n) is 1.70. The van der Waals surface area contributed by atoms with Crippen molar-refractivity contribution in [3.8, 4) is 0 Å². The van der Waals surface area contributed by atoms with E-state index in [1.54, 1.807) is 18.5 Å². The number of nitrogens with one attached hydrogen (secondary N) is 1. The van der Waals surface area contributed by atoms with Gasteiger partial charge in [0.15, 0.2) is 17.5 Å². The van der Waals surface area contributed by atoms with Gasteiger partial charge in [-0.2, -0.15) is 0 Å². The lowest BCUT2D eigenvalue weighted by atomic mass is 10.0. The van der Waals surface area contributed by atoms with Gasteiger partial charge in [0.1, 0.15) is 0 Å². The maximum absolute atomic E-state index is 13.7. The van der Waals surface area contributed by atoms with Crippen LogP contribution in [0, 0.1) is 17.5 Å². The minimum absolute atomic E-state index is 0.0285. The van der Waals surface area contributed by atoms with Crippen LogP contribution in [0.4, 0.5) is 13.2 Å². The van der Waals surface area contributed by atoms with Gasteiger partial charge in [0, 0.05) is 10.4 Å². The van der Waals surface area contributed by atoms with Gasteiger partial charge in [-0.1, -0.05) is 17.7 Å². The van der Waals surface area contributed by atoms with Gasteiger partial charge in [-0.3, -0.25) is 0 Å². The van der Waals surface area contributed by atoms with Crippen LogP contribution in [0.5, 0.6) is 0 Å². The van der Waals surface area contributed by atoms with Gasteiger partial charge in [-0.15, -0.1) is 11.3 Å². The smallest absolute Gasteiger partial charge is 0.194 e. The SMILES string of the molecule is CNC(c1ccc(F)c(F)c1F)c1sccc1Cl. The Balaban J connectivity index is 2.53. The topological polar surface area (TPSA) is 12.0 Å². The summed E-state index contributed by atoms with van der Waals surface area (Å²) in [5.74, 6) is -3.87. The first kappa shape index (κ1) is 13.4. The normalized spacial score (nSPS) is 12.7. The van der Waals surface area contributed by atoms with Crippen LogP contribution in [-0.2, 0) is 0 Å². The zero-order valence-corrected chi connectivity index (χ0v) is 10.9.